The van der Waals surface area contributed by atoms with Crippen molar-refractivity contribution in [2.75, 3.05) is 14.2 Å². The van der Waals surface area contributed by atoms with Crippen LogP contribution in [0.5, 0.6) is 11.5 Å². The van der Waals surface area contributed by atoms with Crippen molar-refractivity contribution in [3.63, 3.8) is 0 Å². The molecular weight excluding hydrogens is 307 g/mol. The lowest BCUT2D eigenvalue weighted by Crippen LogP contribution is -1.96. The summed E-state index contributed by atoms with van der Waals surface area (Å²) in [5.74, 6) is 0.437. The molecule has 0 amide bonds. The number of allylic oxidation sites excluding steroid dienone is 1. The van der Waals surface area contributed by atoms with Gasteiger partial charge >= 0.3 is 0 Å². The first-order valence-corrected chi connectivity index (χ1v) is 6.82. The first-order valence-electron chi connectivity index (χ1n) is 6.44. The summed E-state index contributed by atoms with van der Waals surface area (Å²) in [6.07, 6.45) is 2.99. The molecule has 3 nitrogen and oxygen atoms in total. The van der Waals surface area contributed by atoms with Gasteiger partial charge in [0.1, 0.15) is 17.3 Å². The molecule has 0 aromatic heterocycles. The quantitative estimate of drug-likeness (QED) is 0.605. The van der Waals surface area contributed by atoms with Crippen LogP contribution in [0.4, 0.5) is 4.39 Å². The highest BCUT2D eigenvalue weighted by molar-refractivity contribution is 6.34. The minimum Gasteiger partial charge on any atom is -0.497 e. The maximum absolute atomic E-state index is 13.0. The van der Waals surface area contributed by atoms with Crippen LogP contribution in [0.3, 0.4) is 0 Å². The molecule has 0 spiro atoms. The van der Waals surface area contributed by atoms with Gasteiger partial charge in [-0.3, -0.25) is 4.79 Å². The molecule has 5 heteroatoms. The fourth-order valence-corrected chi connectivity index (χ4v) is 2.14. The van der Waals surface area contributed by atoms with Gasteiger partial charge in [0, 0.05) is 11.6 Å². The summed E-state index contributed by atoms with van der Waals surface area (Å²) < 4.78 is 23.3. The van der Waals surface area contributed by atoms with E-state index in [1.165, 1.54) is 18.2 Å². The zero-order valence-electron chi connectivity index (χ0n) is 12.1. The van der Waals surface area contributed by atoms with Gasteiger partial charge < -0.3 is 9.47 Å². The number of ether oxygens (including phenoxy) is 2. The van der Waals surface area contributed by atoms with E-state index < -0.39 is 5.82 Å². The highest BCUT2D eigenvalue weighted by Crippen LogP contribution is 2.24. The van der Waals surface area contributed by atoms with Gasteiger partial charge in [-0.2, -0.15) is 0 Å². The van der Waals surface area contributed by atoms with Gasteiger partial charge in [0.2, 0.25) is 0 Å². The molecule has 0 unspecified atom stereocenters. The second kappa shape index (κ2) is 7.09. The van der Waals surface area contributed by atoms with Gasteiger partial charge in [-0.05, 0) is 42.0 Å². The largest absolute Gasteiger partial charge is 0.497 e. The Balaban J connectivity index is 2.26. The SMILES string of the molecule is COc1cc(/C=C/C(=O)c2ccc(F)cc2Cl)cc(OC)c1. The minimum absolute atomic E-state index is 0.0814. The number of carbonyl (C=O) groups excluding carboxylic acids is 1. The predicted molar refractivity (Wildman–Crippen MR) is 84.3 cm³/mol. The number of halogens is 2. The molecule has 0 fully saturated rings. The number of rotatable bonds is 5. The molecule has 2 aromatic carbocycles. The number of hydrogen-bond donors (Lipinski definition) is 0. The normalized spacial score (nSPS) is 10.7. The number of hydrogen-bond acceptors (Lipinski definition) is 3. The summed E-state index contributed by atoms with van der Waals surface area (Å²) in [5, 5.41) is 0.0814. The van der Waals surface area contributed by atoms with Crippen molar-refractivity contribution >= 4 is 23.5 Å². The molecule has 0 aliphatic carbocycles. The third-order valence-corrected chi connectivity index (χ3v) is 3.31. The molecular formula is C17H14ClFO3. The van der Waals surface area contributed by atoms with Crippen molar-refractivity contribution in [3.8, 4) is 11.5 Å². The third kappa shape index (κ3) is 3.86. The Morgan fingerprint density at radius 1 is 1.09 bits per heavy atom. The predicted octanol–water partition coefficient (Wildman–Crippen LogP) is 4.39. The van der Waals surface area contributed by atoms with E-state index >= 15 is 0 Å². The van der Waals surface area contributed by atoms with Crippen LogP contribution in [0, 0.1) is 5.82 Å². The summed E-state index contributed by atoms with van der Waals surface area (Å²) in [6, 6.07) is 8.92. The van der Waals surface area contributed by atoms with Crippen molar-refractivity contribution in [2.24, 2.45) is 0 Å². The van der Waals surface area contributed by atoms with E-state index in [9.17, 15) is 9.18 Å². The Morgan fingerprint density at radius 2 is 1.73 bits per heavy atom. The molecule has 0 aliphatic heterocycles. The Kier molecular flexibility index (Phi) is 5.17. The molecule has 0 bridgehead atoms. The summed E-state index contributed by atoms with van der Waals surface area (Å²) in [6.45, 7) is 0. The molecule has 0 atom stereocenters. The van der Waals surface area contributed by atoms with Gasteiger partial charge in [0.05, 0.1) is 19.2 Å². The lowest BCUT2D eigenvalue weighted by Gasteiger charge is -2.05. The Bertz CT molecular complexity index is 704. The summed E-state index contributed by atoms with van der Waals surface area (Å²) >= 11 is 5.87. The summed E-state index contributed by atoms with van der Waals surface area (Å²) in [7, 11) is 3.09. The zero-order chi connectivity index (χ0) is 16.1. The third-order valence-electron chi connectivity index (χ3n) is 3.00. The van der Waals surface area contributed by atoms with Crippen molar-refractivity contribution in [1.29, 1.82) is 0 Å². The lowest BCUT2D eigenvalue weighted by atomic mass is 10.1. The standard InChI is InChI=1S/C17H14ClFO3/c1-21-13-7-11(8-14(10-13)22-2)3-6-17(20)15-5-4-12(19)9-16(15)18/h3-10H,1-2H3/b6-3+. The van der Waals surface area contributed by atoms with Crippen LogP contribution in [-0.2, 0) is 0 Å². The van der Waals surface area contributed by atoms with Gasteiger partial charge in [-0.1, -0.05) is 17.7 Å². The highest BCUT2D eigenvalue weighted by atomic mass is 35.5. The van der Waals surface area contributed by atoms with Crippen LogP contribution in [0.1, 0.15) is 15.9 Å². The maximum Gasteiger partial charge on any atom is 0.187 e. The van der Waals surface area contributed by atoms with Crippen LogP contribution >= 0.6 is 11.6 Å². The van der Waals surface area contributed by atoms with E-state index in [2.05, 4.69) is 0 Å². The molecule has 2 aromatic rings. The number of ketones is 1. The summed E-state index contributed by atoms with van der Waals surface area (Å²) in [4.78, 5) is 12.1. The molecule has 0 aliphatic rings. The van der Waals surface area contributed by atoms with Crippen molar-refractivity contribution in [3.05, 3.63) is 64.4 Å². The molecule has 0 saturated carbocycles. The highest BCUT2D eigenvalue weighted by Gasteiger charge is 2.08. The number of benzene rings is 2. The fourth-order valence-electron chi connectivity index (χ4n) is 1.88. The first-order chi connectivity index (χ1) is 10.5. The van der Waals surface area contributed by atoms with Crippen molar-refractivity contribution in [2.45, 2.75) is 0 Å². The number of methoxy groups -OCH3 is 2. The van der Waals surface area contributed by atoms with E-state index in [-0.39, 0.29) is 16.4 Å². The molecule has 114 valence electrons. The van der Waals surface area contributed by atoms with Gasteiger partial charge in [-0.25, -0.2) is 4.39 Å². The average molecular weight is 321 g/mol. The van der Waals surface area contributed by atoms with Crippen LogP contribution in [0.2, 0.25) is 5.02 Å². The topological polar surface area (TPSA) is 35.5 Å². The van der Waals surface area contributed by atoms with Crippen LogP contribution in [-0.4, -0.2) is 20.0 Å². The zero-order valence-corrected chi connectivity index (χ0v) is 12.9. The molecule has 0 radical (unpaired) electrons. The molecule has 0 N–H and O–H groups in total. The Labute approximate surface area is 132 Å². The second-order valence-electron chi connectivity index (χ2n) is 4.47. The van der Waals surface area contributed by atoms with Crippen molar-refractivity contribution < 1.29 is 18.7 Å². The van der Waals surface area contributed by atoms with E-state index in [0.29, 0.717) is 11.5 Å². The molecule has 0 saturated heterocycles. The summed E-state index contributed by atoms with van der Waals surface area (Å²) in [5.41, 5.74) is 0.983. The Hall–Kier alpha value is -2.33. The lowest BCUT2D eigenvalue weighted by molar-refractivity contribution is 0.104. The van der Waals surface area contributed by atoms with Gasteiger partial charge in [0.15, 0.2) is 5.78 Å². The van der Waals surface area contributed by atoms with Crippen molar-refractivity contribution in [1.82, 2.24) is 0 Å². The number of carbonyl (C=O) groups is 1. The Morgan fingerprint density at radius 3 is 2.27 bits per heavy atom. The second-order valence-corrected chi connectivity index (χ2v) is 4.87. The van der Waals surface area contributed by atoms with Gasteiger partial charge in [-0.15, -0.1) is 0 Å². The monoisotopic (exact) mass is 320 g/mol. The van der Waals surface area contributed by atoms with E-state index in [1.54, 1.807) is 38.5 Å². The smallest absolute Gasteiger partial charge is 0.187 e. The fraction of sp³-hybridized carbons (Fsp3) is 0.118. The van der Waals surface area contributed by atoms with Crippen LogP contribution < -0.4 is 9.47 Å². The minimum atomic E-state index is -0.483. The first kappa shape index (κ1) is 16.0. The molecule has 22 heavy (non-hydrogen) atoms. The van der Waals surface area contributed by atoms with Crippen LogP contribution in [0.25, 0.3) is 6.08 Å². The molecule has 2 rings (SSSR count). The maximum atomic E-state index is 13.0. The molecule has 0 heterocycles. The van der Waals surface area contributed by atoms with E-state index in [1.807, 2.05) is 0 Å². The van der Waals surface area contributed by atoms with E-state index in [4.69, 9.17) is 21.1 Å². The van der Waals surface area contributed by atoms with Crippen LogP contribution in [0.15, 0.2) is 42.5 Å². The van der Waals surface area contributed by atoms with E-state index in [0.717, 1.165) is 11.6 Å². The average Bonchev–Trinajstić information content (AvgIpc) is 2.52. The van der Waals surface area contributed by atoms with Gasteiger partial charge in [0.25, 0.3) is 0 Å².